The van der Waals surface area contributed by atoms with E-state index < -0.39 is 5.41 Å². The lowest BCUT2D eigenvalue weighted by molar-refractivity contribution is 0.666. The van der Waals surface area contributed by atoms with Gasteiger partial charge in [-0.2, -0.15) is 5.10 Å². The Morgan fingerprint density at radius 1 is 0.592 bits per heavy atom. The van der Waals surface area contributed by atoms with E-state index in [1.807, 2.05) is 126 Å². The van der Waals surface area contributed by atoms with Crippen molar-refractivity contribution in [2.24, 2.45) is 10.7 Å². The molecule has 0 bridgehead atoms. The monoisotopic (exact) mass is 634 g/mol. The van der Waals surface area contributed by atoms with E-state index >= 15 is 0 Å². The predicted octanol–water partition coefficient (Wildman–Crippen LogP) is 10.3. The maximum atomic E-state index is 7.23. The molecule has 0 atom stereocenters. The van der Waals surface area contributed by atoms with Crippen molar-refractivity contribution in [2.75, 3.05) is 0 Å². The van der Waals surface area contributed by atoms with Crippen molar-refractivity contribution in [3.63, 3.8) is 0 Å². The van der Waals surface area contributed by atoms with Gasteiger partial charge in [0.25, 0.3) is 0 Å². The molecule has 6 aromatic carbocycles. The van der Waals surface area contributed by atoms with E-state index in [-0.39, 0.29) is 0 Å². The molecule has 0 saturated heterocycles. The van der Waals surface area contributed by atoms with Gasteiger partial charge in [-0.3, -0.25) is 4.99 Å². The minimum atomic E-state index is -0.906. The van der Waals surface area contributed by atoms with Gasteiger partial charge in [-0.15, -0.1) is 0 Å². The fourth-order valence-electron chi connectivity index (χ4n) is 6.97. The van der Waals surface area contributed by atoms with Crippen LogP contribution in [0.4, 0.5) is 5.69 Å². The topological polar surface area (TPSA) is 82.5 Å². The van der Waals surface area contributed by atoms with Gasteiger partial charge < -0.3 is 14.6 Å². The zero-order valence-corrected chi connectivity index (χ0v) is 26.4. The van der Waals surface area contributed by atoms with Crippen LogP contribution in [-0.2, 0) is 5.41 Å². The lowest BCUT2D eigenvalue weighted by atomic mass is 9.69. The van der Waals surface area contributed by atoms with Crippen LogP contribution in [0.25, 0.3) is 49.6 Å². The molecule has 0 aliphatic rings. The Labute approximate surface area is 282 Å². The Bertz CT molecular complexity index is 2640. The fourth-order valence-corrected chi connectivity index (χ4v) is 6.97. The smallest absolute Gasteiger partial charge is 0.135 e. The first-order chi connectivity index (χ1) is 24.2. The number of allylic oxidation sites excluding steroid dienone is 2. The lowest BCUT2D eigenvalue weighted by Crippen LogP contribution is -2.36. The van der Waals surface area contributed by atoms with Crippen molar-refractivity contribution < 1.29 is 8.83 Å². The number of nitrogens with zero attached hydrogens (tertiary/aromatic N) is 3. The second kappa shape index (κ2) is 11.5. The van der Waals surface area contributed by atoms with Crippen molar-refractivity contribution in [1.82, 2.24) is 9.78 Å². The molecule has 6 nitrogen and oxygen atoms in total. The zero-order valence-electron chi connectivity index (χ0n) is 26.4. The quantitative estimate of drug-likeness (QED) is 0.177. The van der Waals surface area contributed by atoms with Crippen molar-refractivity contribution in [3.8, 4) is 5.69 Å². The Morgan fingerprint density at radius 3 is 1.80 bits per heavy atom. The third kappa shape index (κ3) is 4.73. The van der Waals surface area contributed by atoms with Gasteiger partial charge in [0.15, 0.2) is 0 Å². The van der Waals surface area contributed by atoms with E-state index in [0.717, 1.165) is 72.1 Å². The molecule has 234 valence electrons. The van der Waals surface area contributed by atoms with Crippen LogP contribution >= 0.6 is 0 Å². The van der Waals surface area contributed by atoms with Gasteiger partial charge in [0.2, 0.25) is 0 Å². The Kier molecular flexibility index (Phi) is 6.73. The summed E-state index contributed by atoms with van der Waals surface area (Å²) in [4.78, 5) is 4.82. The van der Waals surface area contributed by atoms with Gasteiger partial charge in [0, 0.05) is 39.7 Å². The second-order valence-electron chi connectivity index (χ2n) is 12.1. The summed E-state index contributed by atoms with van der Waals surface area (Å²) in [7, 11) is 0. The molecule has 3 aromatic heterocycles. The normalized spacial score (nSPS) is 12.6. The summed E-state index contributed by atoms with van der Waals surface area (Å²) in [6, 6.07) is 50.9. The van der Waals surface area contributed by atoms with E-state index in [1.165, 1.54) is 0 Å². The molecule has 9 rings (SSSR count). The van der Waals surface area contributed by atoms with Crippen LogP contribution in [0.2, 0.25) is 0 Å². The summed E-state index contributed by atoms with van der Waals surface area (Å²) in [5.74, 6) is 0. The summed E-state index contributed by atoms with van der Waals surface area (Å²) in [6.45, 7) is 0. The van der Waals surface area contributed by atoms with Crippen LogP contribution in [0.3, 0.4) is 0 Å². The minimum Gasteiger partial charge on any atom is -0.456 e. The van der Waals surface area contributed by atoms with E-state index in [2.05, 4.69) is 42.5 Å². The Hall–Kier alpha value is -6.66. The van der Waals surface area contributed by atoms with Crippen LogP contribution in [-0.4, -0.2) is 16.0 Å². The second-order valence-corrected chi connectivity index (χ2v) is 12.1. The number of aliphatic imine (C=N–C) groups is 1. The lowest BCUT2D eigenvalue weighted by Gasteiger charge is -2.34. The molecule has 0 aliphatic carbocycles. The largest absolute Gasteiger partial charge is 0.456 e. The number of furan rings is 2. The molecule has 0 amide bonds. The van der Waals surface area contributed by atoms with Gasteiger partial charge in [-0.1, -0.05) is 97.1 Å². The molecule has 3 heterocycles. The van der Waals surface area contributed by atoms with Crippen molar-refractivity contribution >= 4 is 55.8 Å². The molecule has 49 heavy (non-hydrogen) atoms. The standard InChI is InChI=1S/C43H30N4O2/c44-41(23-25-45-31-19-21-39-35(27-31)33-15-7-9-17-37(33)48-39)43(29-11-3-1-4-12-29,30-13-5-2-6-14-30)42-24-26-47(46-42)32-20-22-40-36(28-32)34-16-8-10-18-38(34)49-40/h1-28H,44H2/b41-23-,45-25?. The maximum Gasteiger partial charge on any atom is 0.135 e. The number of nitrogens with two attached hydrogens (primary N) is 1. The molecule has 0 unspecified atom stereocenters. The van der Waals surface area contributed by atoms with Crippen molar-refractivity contribution in [3.05, 3.63) is 186 Å². The van der Waals surface area contributed by atoms with E-state index in [0.29, 0.717) is 5.70 Å². The number of hydrogen-bond acceptors (Lipinski definition) is 5. The number of hydrogen-bond donors (Lipinski definition) is 1. The van der Waals surface area contributed by atoms with Crippen LogP contribution in [0.15, 0.2) is 183 Å². The Balaban J connectivity index is 1.17. The molecule has 0 fully saturated rings. The summed E-state index contributed by atoms with van der Waals surface area (Å²) in [5.41, 5.74) is 14.8. The highest BCUT2D eigenvalue weighted by molar-refractivity contribution is 6.06. The summed E-state index contributed by atoms with van der Waals surface area (Å²) in [5, 5.41) is 9.43. The highest BCUT2D eigenvalue weighted by atomic mass is 16.3. The molecule has 0 spiro atoms. The third-order valence-electron chi connectivity index (χ3n) is 9.28. The van der Waals surface area contributed by atoms with Gasteiger partial charge in [0.1, 0.15) is 27.7 Å². The highest BCUT2D eigenvalue weighted by Crippen LogP contribution is 2.43. The van der Waals surface area contributed by atoms with E-state index in [9.17, 15) is 0 Å². The van der Waals surface area contributed by atoms with Gasteiger partial charge in [-0.05, 0) is 71.8 Å². The third-order valence-corrected chi connectivity index (χ3v) is 9.28. The van der Waals surface area contributed by atoms with Gasteiger partial charge >= 0.3 is 0 Å². The number of fused-ring (bicyclic) bond motifs is 6. The van der Waals surface area contributed by atoms with Crippen molar-refractivity contribution in [2.45, 2.75) is 5.41 Å². The van der Waals surface area contributed by atoms with E-state index in [4.69, 9.17) is 24.7 Å². The summed E-state index contributed by atoms with van der Waals surface area (Å²) < 4.78 is 14.0. The van der Waals surface area contributed by atoms with Gasteiger partial charge in [-0.25, -0.2) is 4.68 Å². The average Bonchev–Trinajstić information content (AvgIpc) is 3.89. The molecule has 0 radical (unpaired) electrons. The maximum absolute atomic E-state index is 7.23. The molecule has 9 aromatic rings. The van der Waals surface area contributed by atoms with Crippen LogP contribution in [0, 0.1) is 0 Å². The van der Waals surface area contributed by atoms with Crippen LogP contribution in [0.5, 0.6) is 0 Å². The number of aromatic nitrogens is 2. The molecule has 0 aliphatic heterocycles. The van der Waals surface area contributed by atoms with Crippen LogP contribution in [0.1, 0.15) is 16.8 Å². The number of para-hydroxylation sites is 2. The first-order valence-electron chi connectivity index (χ1n) is 16.2. The first kappa shape index (κ1) is 28.6. The van der Waals surface area contributed by atoms with E-state index in [1.54, 1.807) is 6.21 Å². The predicted molar refractivity (Wildman–Crippen MR) is 198 cm³/mol. The average molecular weight is 635 g/mol. The number of rotatable bonds is 7. The van der Waals surface area contributed by atoms with Gasteiger partial charge in [0.05, 0.1) is 17.1 Å². The first-order valence-corrected chi connectivity index (χ1v) is 16.2. The molecule has 0 saturated carbocycles. The molecule has 2 N–H and O–H groups in total. The highest BCUT2D eigenvalue weighted by Gasteiger charge is 2.41. The number of benzene rings is 6. The minimum absolute atomic E-state index is 0.588. The fraction of sp³-hybridized carbons (Fsp3) is 0.0233. The molecular weight excluding hydrogens is 604 g/mol. The molecular formula is C43H30N4O2. The summed E-state index contributed by atoms with van der Waals surface area (Å²) in [6.07, 6.45) is 5.65. The van der Waals surface area contributed by atoms with Crippen LogP contribution < -0.4 is 5.73 Å². The zero-order chi connectivity index (χ0) is 32.8. The Morgan fingerprint density at radius 2 is 1.14 bits per heavy atom. The van der Waals surface area contributed by atoms with Crippen molar-refractivity contribution in [1.29, 1.82) is 0 Å². The molecule has 6 heteroatoms. The SMILES string of the molecule is N/C(=C\C=Nc1ccc2oc3ccccc3c2c1)C(c1ccccc1)(c1ccccc1)c1ccn(-c2ccc3oc4ccccc4c3c2)n1. The summed E-state index contributed by atoms with van der Waals surface area (Å²) >= 11 is 0.